The van der Waals surface area contributed by atoms with Gasteiger partial charge in [0.05, 0.1) is 31.5 Å². The second kappa shape index (κ2) is 10.2. The molecule has 2 amide bonds. The number of hydrogen-bond acceptors (Lipinski definition) is 5. The topological polar surface area (TPSA) is 71.1 Å². The molecular weight excluding hydrogens is 418 g/mol. The summed E-state index contributed by atoms with van der Waals surface area (Å²) >= 11 is 6.48. The van der Waals surface area contributed by atoms with Crippen molar-refractivity contribution >= 4 is 29.1 Å². The minimum absolute atomic E-state index is 0.0503. The number of anilines is 1. The first-order valence-electron chi connectivity index (χ1n) is 9.91. The Bertz CT molecular complexity index is 971. The van der Waals surface area contributed by atoms with E-state index in [9.17, 15) is 9.59 Å². The summed E-state index contributed by atoms with van der Waals surface area (Å²) < 4.78 is 10.7. The molecule has 31 heavy (non-hydrogen) atoms. The molecule has 1 saturated heterocycles. The van der Waals surface area contributed by atoms with E-state index in [-0.39, 0.29) is 18.4 Å². The molecule has 1 aliphatic heterocycles. The Morgan fingerprint density at radius 2 is 1.81 bits per heavy atom. The normalized spacial score (nSPS) is 13.5. The molecule has 0 radical (unpaired) electrons. The Hall–Kier alpha value is -3.19. The van der Waals surface area contributed by atoms with E-state index in [1.165, 1.54) is 6.08 Å². The minimum Gasteiger partial charge on any atom is -0.497 e. The number of amides is 2. The number of methoxy groups -OCH3 is 2. The van der Waals surface area contributed by atoms with Crippen LogP contribution in [-0.2, 0) is 9.59 Å². The second-order valence-corrected chi connectivity index (χ2v) is 7.44. The van der Waals surface area contributed by atoms with Gasteiger partial charge in [0.1, 0.15) is 11.5 Å². The molecule has 0 bridgehead atoms. The lowest BCUT2D eigenvalue weighted by molar-refractivity contribution is -0.135. The number of nitrogens with zero attached hydrogens (tertiary/aromatic N) is 2. The molecule has 0 aromatic heterocycles. The van der Waals surface area contributed by atoms with Crippen molar-refractivity contribution in [1.29, 1.82) is 0 Å². The molecule has 1 heterocycles. The Balaban J connectivity index is 1.71. The number of halogens is 1. The van der Waals surface area contributed by atoms with Crippen LogP contribution >= 0.6 is 11.6 Å². The van der Waals surface area contributed by atoms with E-state index in [4.69, 9.17) is 21.1 Å². The zero-order chi connectivity index (χ0) is 22.4. The van der Waals surface area contributed by atoms with Crippen LogP contribution in [0.4, 0.5) is 5.69 Å². The monoisotopic (exact) mass is 443 g/mol. The van der Waals surface area contributed by atoms with Crippen LogP contribution in [0, 0.1) is 0 Å². The van der Waals surface area contributed by atoms with Gasteiger partial charge in [-0.1, -0.05) is 30.3 Å². The van der Waals surface area contributed by atoms with Crippen LogP contribution in [0.1, 0.15) is 0 Å². The predicted octanol–water partition coefficient (Wildman–Crippen LogP) is 3.29. The molecule has 2 aromatic rings. The molecule has 0 atom stereocenters. The summed E-state index contributed by atoms with van der Waals surface area (Å²) in [6, 6.07) is 11.2. The van der Waals surface area contributed by atoms with Crippen molar-refractivity contribution in [3.05, 3.63) is 54.1 Å². The van der Waals surface area contributed by atoms with Crippen molar-refractivity contribution < 1.29 is 19.1 Å². The summed E-state index contributed by atoms with van der Waals surface area (Å²) in [7, 11) is 3.17. The summed E-state index contributed by atoms with van der Waals surface area (Å²) in [6.07, 6.45) is 1.30. The van der Waals surface area contributed by atoms with Crippen molar-refractivity contribution in [2.75, 3.05) is 52.3 Å². The lowest BCUT2D eigenvalue weighted by Crippen LogP contribution is -2.51. The molecule has 8 heteroatoms. The number of benzene rings is 2. The molecule has 1 N–H and O–H groups in total. The van der Waals surface area contributed by atoms with Gasteiger partial charge in [0, 0.05) is 37.8 Å². The van der Waals surface area contributed by atoms with Crippen LogP contribution in [0.25, 0.3) is 11.1 Å². The molecule has 0 saturated carbocycles. The largest absolute Gasteiger partial charge is 0.497 e. The SMILES string of the molecule is C=CC(=O)N1CCN(C(=O)CNc2cc(-c3cccc(OC)c3)c(Cl)cc2OC)CC1. The van der Waals surface area contributed by atoms with Crippen LogP contribution in [-0.4, -0.2) is 68.6 Å². The van der Waals surface area contributed by atoms with Gasteiger partial charge in [-0.25, -0.2) is 0 Å². The number of carbonyl (C=O) groups excluding carboxylic acids is 2. The fourth-order valence-corrected chi connectivity index (χ4v) is 3.72. The number of piperazine rings is 1. The van der Waals surface area contributed by atoms with Crippen molar-refractivity contribution in [3.63, 3.8) is 0 Å². The number of hydrogen-bond donors (Lipinski definition) is 1. The van der Waals surface area contributed by atoms with E-state index >= 15 is 0 Å². The van der Waals surface area contributed by atoms with Gasteiger partial charge in [-0.05, 0) is 29.8 Å². The van der Waals surface area contributed by atoms with E-state index in [0.29, 0.717) is 42.6 Å². The molecule has 2 aromatic carbocycles. The lowest BCUT2D eigenvalue weighted by Gasteiger charge is -2.34. The maximum atomic E-state index is 12.7. The van der Waals surface area contributed by atoms with Gasteiger partial charge >= 0.3 is 0 Å². The van der Waals surface area contributed by atoms with Gasteiger partial charge in [-0.15, -0.1) is 0 Å². The molecule has 7 nitrogen and oxygen atoms in total. The number of nitrogens with one attached hydrogen (secondary N) is 1. The van der Waals surface area contributed by atoms with Gasteiger partial charge in [-0.3, -0.25) is 9.59 Å². The fraction of sp³-hybridized carbons (Fsp3) is 0.304. The van der Waals surface area contributed by atoms with Crippen LogP contribution < -0.4 is 14.8 Å². The quantitative estimate of drug-likeness (QED) is 0.665. The third-order valence-corrected chi connectivity index (χ3v) is 5.53. The lowest BCUT2D eigenvalue weighted by atomic mass is 10.0. The Labute approximate surface area is 187 Å². The maximum absolute atomic E-state index is 12.7. The highest BCUT2D eigenvalue weighted by molar-refractivity contribution is 6.33. The third kappa shape index (κ3) is 5.30. The molecule has 0 aliphatic carbocycles. The minimum atomic E-state index is -0.110. The fourth-order valence-electron chi connectivity index (χ4n) is 3.46. The summed E-state index contributed by atoms with van der Waals surface area (Å²) in [5, 5.41) is 3.70. The smallest absolute Gasteiger partial charge is 0.246 e. The van der Waals surface area contributed by atoms with Crippen LogP contribution in [0.15, 0.2) is 49.1 Å². The van der Waals surface area contributed by atoms with Gasteiger partial charge < -0.3 is 24.6 Å². The Morgan fingerprint density at radius 3 is 2.45 bits per heavy atom. The van der Waals surface area contributed by atoms with Crippen molar-refractivity contribution in [2.24, 2.45) is 0 Å². The first-order chi connectivity index (χ1) is 15.0. The molecule has 1 fully saturated rings. The Kier molecular flexibility index (Phi) is 7.41. The van der Waals surface area contributed by atoms with E-state index in [0.717, 1.165) is 16.9 Å². The first-order valence-corrected chi connectivity index (χ1v) is 10.3. The predicted molar refractivity (Wildman–Crippen MR) is 122 cm³/mol. The van der Waals surface area contributed by atoms with Gasteiger partial charge in [0.2, 0.25) is 11.8 Å². The average molecular weight is 444 g/mol. The number of rotatable bonds is 7. The molecule has 0 spiro atoms. The van der Waals surface area contributed by atoms with Crippen LogP contribution in [0.5, 0.6) is 11.5 Å². The summed E-state index contributed by atoms with van der Waals surface area (Å²) in [6.45, 7) is 5.59. The maximum Gasteiger partial charge on any atom is 0.246 e. The average Bonchev–Trinajstić information content (AvgIpc) is 2.82. The van der Waals surface area contributed by atoms with E-state index in [1.807, 2.05) is 30.3 Å². The summed E-state index contributed by atoms with van der Waals surface area (Å²) in [4.78, 5) is 27.8. The van der Waals surface area contributed by atoms with E-state index in [2.05, 4.69) is 11.9 Å². The standard InChI is InChI=1S/C23H26ClN3O4/c1-4-22(28)26-8-10-27(11-9-26)23(29)15-25-20-13-18(19(24)14-21(20)31-3)16-6-5-7-17(12-16)30-2/h4-7,12-14,25H,1,8-11,15H2,2-3H3. The highest BCUT2D eigenvalue weighted by Crippen LogP contribution is 2.38. The van der Waals surface area contributed by atoms with Crippen molar-refractivity contribution in [2.45, 2.75) is 0 Å². The highest BCUT2D eigenvalue weighted by atomic mass is 35.5. The van der Waals surface area contributed by atoms with E-state index in [1.54, 1.807) is 30.1 Å². The van der Waals surface area contributed by atoms with Gasteiger partial charge in [0.15, 0.2) is 0 Å². The first kappa shape index (κ1) is 22.5. The number of ether oxygens (including phenoxy) is 2. The van der Waals surface area contributed by atoms with Gasteiger partial charge in [-0.2, -0.15) is 0 Å². The highest BCUT2D eigenvalue weighted by Gasteiger charge is 2.23. The molecule has 164 valence electrons. The van der Waals surface area contributed by atoms with Crippen LogP contribution in [0.3, 0.4) is 0 Å². The molecule has 0 unspecified atom stereocenters. The zero-order valence-electron chi connectivity index (χ0n) is 17.7. The summed E-state index contributed by atoms with van der Waals surface area (Å²) in [5.74, 6) is 1.11. The molecular formula is C23H26ClN3O4. The van der Waals surface area contributed by atoms with E-state index < -0.39 is 0 Å². The van der Waals surface area contributed by atoms with Gasteiger partial charge in [0.25, 0.3) is 0 Å². The molecule has 1 aliphatic rings. The van der Waals surface area contributed by atoms with Crippen molar-refractivity contribution in [1.82, 2.24) is 9.80 Å². The Morgan fingerprint density at radius 1 is 1.10 bits per heavy atom. The zero-order valence-corrected chi connectivity index (χ0v) is 18.4. The second-order valence-electron chi connectivity index (χ2n) is 7.03. The number of carbonyl (C=O) groups is 2. The summed E-state index contributed by atoms with van der Waals surface area (Å²) in [5.41, 5.74) is 2.36. The van der Waals surface area contributed by atoms with Crippen LogP contribution in [0.2, 0.25) is 5.02 Å². The van der Waals surface area contributed by atoms with Crippen molar-refractivity contribution in [3.8, 4) is 22.6 Å². The third-order valence-electron chi connectivity index (χ3n) is 5.22. The molecule has 3 rings (SSSR count).